The van der Waals surface area contributed by atoms with Gasteiger partial charge in [-0.3, -0.25) is 0 Å². The maximum Gasteiger partial charge on any atom is 0.205 e. The summed E-state index contributed by atoms with van der Waals surface area (Å²) in [6.45, 7) is 4.23. The summed E-state index contributed by atoms with van der Waals surface area (Å²) < 4.78 is 6.66. The van der Waals surface area contributed by atoms with Crippen molar-refractivity contribution >= 4 is 12.2 Å². The Hall–Kier alpha value is -2.46. The average Bonchev–Trinajstić information content (AvgIpc) is 2.60. The second-order valence-electron chi connectivity index (χ2n) is 6.14. The Morgan fingerprint density at radius 1 is 1.17 bits per heavy atom. The van der Waals surface area contributed by atoms with E-state index in [1.54, 1.807) is 0 Å². The summed E-state index contributed by atoms with van der Waals surface area (Å²) in [5.41, 5.74) is 5.65. The first kappa shape index (κ1) is 15.1. The van der Waals surface area contributed by atoms with Gasteiger partial charge in [0.25, 0.3) is 0 Å². The Morgan fingerprint density at radius 3 is 2.71 bits per heavy atom. The van der Waals surface area contributed by atoms with E-state index in [2.05, 4.69) is 60.2 Å². The summed E-state index contributed by atoms with van der Waals surface area (Å²) in [4.78, 5) is 7.90. The average molecular weight is 334 g/mol. The molecule has 1 aliphatic rings. The molecule has 0 bridgehead atoms. The second-order valence-corrected chi connectivity index (χ2v) is 6.53. The van der Waals surface area contributed by atoms with Crippen LogP contribution in [0.15, 0.2) is 42.5 Å². The highest BCUT2D eigenvalue weighted by atomic mass is 32.1. The van der Waals surface area contributed by atoms with Gasteiger partial charge < -0.3 is 9.72 Å². The Morgan fingerprint density at radius 2 is 1.96 bits per heavy atom. The van der Waals surface area contributed by atoms with Crippen LogP contribution < -0.4 is 4.74 Å². The minimum absolute atomic E-state index is 0.602. The molecular weight excluding hydrogens is 316 g/mol. The first-order chi connectivity index (χ1) is 11.6. The molecule has 120 valence electrons. The molecule has 0 saturated carbocycles. The van der Waals surface area contributed by atoms with Crippen molar-refractivity contribution in [3.63, 3.8) is 0 Å². The van der Waals surface area contributed by atoms with Gasteiger partial charge in [-0.15, -0.1) is 0 Å². The summed E-state index contributed by atoms with van der Waals surface area (Å²) in [6, 6.07) is 14.6. The Labute approximate surface area is 146 Å². The van der Waals surface area contributed by atoms with E-state index in [-0.39, 0.29) is 0 Å². The zero-order valence-corrected chi connectivity index (χ0v) is 14.5. The fourth-order valence-electron chi connectivity index (χ4n) is 3.00. The van der Waals surface area contributed by atoms with Gasteiger partial charge in [-0.25, -0.2) is 4.98 Å². The van der Waals surface area contributed by atoms with Crippen LogP contribution in [-0.2, 0) is 12.8 Å². The van der Waals surface area contributed by atoms with Crippen LogP contribution >= 0.6 is 12.2 Å². The Bertz CT molecular complexity index is 974. The lowest BCUT2D eigenvalue weighted by molar-refractivity contribution is 0.439. The van der Waals surface area contributed by atoms with E-state index in [4.69, 9.17) is 17.0 Å². The van der Waals surface area contributed by atoms with Crippen molar-refractivity contribution < 1.29 is 4.74 Å². The van der Waals surface area contributed by atoms with E-state index in [0.717, 1.165) is 41.1 Å². The molecule has 1 N–H and O–H groups in total. The predicted octanol–water partition coefficient (Wildman–Crippen LogP) is 5.37. The van der Waals surface area contributed by atoms with Crippen molar-refractivity contribution in [2.45, 2.75) is 26.7 Å². The SMILES string of the molecule is CCc1ccc(-c2nc(=S)c3c([nH]2)Oc2ccc(C)cc2C3)cc1. The van der Waals surface area contributed by atoms with Crippen LogP contribution in [0.1, 0.15) is 29.2 Å². The van der Waals surface area contributed by atoms with Crippen molar-refractivity contribution in [3.8, 4) is 23.0 Å². The van der Waals surface area contributed by atoms with Crippen LogP contribution in [0, 0.1) is 11.6 Å². The fraction of sp³-hybridized carbons (Fsp3) is 0.200. The molecular formula is C20H18N2OS. The molecule has 1 aromatic heterocycles. The van der Waals surface area contributed by atoms with Crippen molar-refractivity contribution in [2.24, 2.45) is 0 Å². The third kappa shape index (κ3) is 2.63. The lowest BCUT2D eigenvalue weighted by Crippen LogP contribution is -2.08. The van der Waals surface area contributed by atoms with Gasteiger partial charge in [-0.1, -0.05) is 61.1 Å². The summed E-state index contributed by atoms with van der Waals surface area (Å²) in [7, 11) is 0. The van der Waals surface area contributed by atoms with Gasteiger partial charge in [-0.05, 0) is 30.5 Å². The number of rotatable bonds is 2. The zero-order chi connectivity index (χ0) is 16.7. The zero-order valence-electron chi connectivity index (χ0n) is 13.7. The number of fused-ring (bicyclic) bond motifs is 2. The molecule has 1 aliphatic heterocycles. The van der Waals surface area contributed by atoms with Crippen LogP contribution in [0.25, 0.3) is 11.4 Å². The third-order valence-corrected chi connectivity index (χ3v) is 4.75. The van der Waals surface area contributed by atoms with E-state index >= 15 is 0 Å². The molecule has 3 nitrogen and oxygen atoms in total. The first-order valence-corrected chi connectivity index (χ1v) is 8.55. The molecule has 0 unspecified atom stereocenters. The maximum atomic E-state index is 6.06. The van der Waals surface area contributed by atoms with Crippen LogP contribution in [-0.4, -0.2) is 9.97 Å². The minimum Gasteiger partial charge on any atom is -0.440 e. The summed E-state index contributed by atoms with van der Waals surface area (Å²) >= 11 is 5.53. The predicted molar refractivity (Wildman–Crippen MR) is 98.3 cm³/mol. The number of nitrogens with one attached hydrogen (secondary N) is 1. The van der Waals surface area contributed by atoms with E-state index in [1.807, 2.05) is 6.07 Å². The largest absolute Gasteiger partial charge is 0.440 e. The minimum atomic E-state index is 0.602. The van der Waals surface area contributed by atoms with Gasteiger partial charge in [0, 0.05) is 12.0 Å². The van der Waals surface area contributed by atoms with E-state index in [0.29, 0.717) is 10.5 Å². The van der Waals surface area contributed by atoms with Gasteiger partial charge in [0.15, 0.2) is 0 Å². The topological polar surface area (TPSA) is 37.9 Å². The van der Waals surface area contributed by atoms with Crippen LogP contribution in [0.3, 0.4) is 0 Å². The molecule has 2 heterocycles. The third-order valence-electron chi connectivity index (χ3n) is 4.41. The van der Waals surface area contributed by atoms with E-state index in [1.165, 1.54) is 11.1 Å². The lowest BCUT2D eigenvalue weighted by atomic mass is 10.0. The highest BCUT2D eigenvalue weighted by Gasteiger charge is 2.20. The summed E-state index contributed by atoms with van der Waals surface area (Å²) in [6.07, 6.45) is 1.77. The monoisotopic (exact) mass is 334 g/mol. The number of benzene rings is 2. The molecule has 0 radical (unpaired) electrons. The quantitative estimate of drug-likeness (QED) is 0.501. The van der Waals surface area contributed by atoms with Crippen molar-refractivity contribution in [1.29, 1.82) is 0 Å². The molecule has 4 heteroatoms. The number of hydrogen-bond donors (Lipinski definition) is 1. The number of hydrogen-bond acceptors (Lipinski definition) is 3. The number of nitrogens with zero attached hydrogens (tertiary/aromatic N) is 1. The second kappa shape index (κ2) is 5.87. The van der Waals surface area contributed by atoms with Crippen molar-refractivity contribution in [3.05, 3.63) is 69.4 Å². The smallest absolute Gasteiger partial charge is 0.205 e. The van der Waals surface area contributed by atoms with Gasteiger partial charge in [-0.2, -0.15) is 0 Å². The lowest BCUT2D eigenvalue weighted by Gasteiger charge is -2.20. The Balaban J connectivity index is 1.77. The van der Waals surface area contributed by atoms with E-state index in [9.17, 15) is 0 Å². The molecule has 0 saturated heterocycles. The van der Waals surface area contributed by atoms with Crippen LogP contribution in [0.2, 0.25) is 0 Å². The van der Waals surface area contributed by atoms with Gasteiger partial charge in [0.05, 0.1) is 5.56 Å². The highest BCUT2D eigenvalue weighted by Crippen LogP contribution is 2.36. The standard InChI is InChI=1S/C20H18N2OS/c1-3-13-5-7-14(8-6-13)18-21-19-16(20(24)22-18)11-15-10-12(2)4-9-17(15)23-19/h4-10H,3,11H2,1-2H3,(H,21,22,24). The van der Waals surface area contributed by atoms with E-state index < -0.39 is 0 Å². The molecule has 24 heavy (non-hydrogen) atoms. The molecule has 0 aliphatic carbocycles. The molecule has 0 amide bonds. The number of aromatic amines is 1. The number of ether oxygens (including phenoxy) is 1. The molecule has 0 fully saturated rings. The van der Waals surface area contributed by atoms with Crippen LogP contribution in [0.4, 0.5) is 0 Å². The molecule has 4 rings (SSSR count). The Kier molecular flexibility index (Phi) is 3.69. The molecule has 0 spiro atoms. The number of H-pyrrole nitrogens is 1. The fourth-order valence-corrected chi connectivity index (χ4v) is 3.26. The molecule has 2 aromatic carbocycles. The summed E-state index contributed by atoms with van der Waals surface area (Å²) in [5.74, 6) is 2.34. The van der Waals surface area contributed by atoms with Gasteiger partial charge in [0.2, 0.25) is 5.88 Å². The van der Waals surface area contributed by atoms with Crippen molar-refractivity contribution in [2.75, 3.05) is 0 Å². The van der Waals surface area contributed by atoms with Gasteiger partial charge in [0.1, 0.15) is 16.2 Å². The first-order valence-electron chi connectivity index (χ1n) is 8.14. The van der Waals surface area contributed by atoms with Crippen molar-refractivity contribution in [1.82, 2.24) is 9.97 Å². The molecule has 3 aromatic rings. The normalized spacial score (nSPS) is 12.2. The van der Waals surface area contributed by atoms with Gasteiger partial charge >= 0.3 is 0 Å². The maximum absolute atomic E-state index is 6.06. The van der Waals surface area contributed by atoms with Crippen LogP contribution in [0.5, 0.6) is 11.6 Å². The number of aromatic nitrogens is 2. The summed E-state index contributed by atoms with van der Waals surface area (Å²) in [5, 5.41) is 0. The number of aryl methyl sites for hydroxylation is 2. The molecule has 0 atom stereocenters. The highest BCUT2D eigenvalue weighted by molar-refractivity contribution is 7.71.